The summed E-state index contributed by atoms with van der Waals surface area (Å²) >= 11 is 1.37. The first kappa shape index (κ1) is 19.9. The third kappa shape index (κ3) is 6.85. The minimum atomic E-state index is -0.305. The fraction of sp³-hybridized carbons (Fsp3) is 0.316. The van der Waals surface area contributed by atoms with Crippen LogP contribution in [0.25, 0.3) is 0 Å². The third-order valence-electron chi connectivity index (χ3n) is 3.24. The second kappa shape index (κ2) is 11.3. The first-order chi connectivity index (χ1) is 12.7. The quantitative estimate of drug-likeness (QED) is 0.325. The van der Waals surface area contributed by atoms with Gasteiger partial charge in [0.15, 0.2) is 5.84 Å². The standard InChI is InChI=1S/C19H24N4O2S/c1-3-5-12-21-19(20-11-4-2)17-13-23(22-26-17)14-18(24)25-15-16-9-7-6-8-10-16/h5-13,22H,3-4,14-15H2,1-2H3/b12-5-,20-11-,21-19-. The van der Waals surface area contributed by atoms with Gasteiger partial charge in [-0.3, -0.25) is 9.80 Å². The molecule has 138 valence electrons. The Balaban J connectivity index is 1.91. The average Bonchev–Trinajstić information content (AvgIpc) is 3.12. The molecule has 0 unspecified atom stereocenters. The molecule has 0 radical (unpaired) electrons. The van der Waals surface area contributed by atoms with E-state index in [-0.39, 0.29) is 19.1 Å². The number of ether oxygens (including phenoxy) is 1. The number of amidine groups is 1. The summed E-state index contributed by atoms with van der Waals surface area (Å²) in [6.07, 6.45) is 9.10. The van der Waals surface area contributed by atoms with Gasteiger partial charge >= 0.3 is 5.97 Å². The minimum absolute atomic E-state index is 0.110. The SMILES string of the molecule is CC\C=C/N=C(\N=C/CC)C1=CN(CC(=O)OCc2ccccc2)NS1. The van der Waals surface area contributed by atoms with Gasteiger partial charge in [0.1, 0.15) is 13.2 Å². The van der Waals surface area contributed by atoms with Crippen LogP contribution in [-0.2, 0) is 16.1 Å². The molecule has 0 spiro atoms. The van der Waals surface area contributed by atoms with E-state index in [0.717, 1.165) is 23.3 Å². The highest BCUT2D eigenvalue weighted by atomic mass is 32.2. The molecule has 2 rings (SSSR count). The minimum Gasteiger partial charge on any atom is -0.459 e. The van der Waals surface area contributed by atoms with E-state index >= 15 is 0 Å². The monoisotopic (exact) mass is 372 g/mol. The molecular weight excluding hydrogens is 348 g/mol. The highest BCUT2D eigenvalue weighted by molar-refractivity contribution is 8.02. The average molecular weight is 372 g/mol. The number of nitrogens with zero attached hydrogens (tertiary/aromatic N) is 3. The molecular formula is C19H24N4O2S. The lowest BCUT2D eigenvalue weighted by molar-refractivity contribution is -0.145. The molecule has 0 saturated heterocycles. The summed E-state index contributed by atoms with van der Waals surface area (Å²) in [4.78, 5) is 24.7. The lowest BCUT2D eigenvalue weighted by atomic mass is 10.2. The largest absolute Gasteiger partial charge is 0.459 e. The number of benzene rings is 1. The van der Waals surface area contributed by atoms with Gasteiger partial charge in [0.25, 0.3) is 0 Å². The Bertz CT molecular complexity index is 699. The summed E-state index contributed by atoms with van der Waals surface area (Å²) in [7, 11) is 0. The summed E-state index contributed by atoms with van der Waals surface area (Å²) in [5.41, 5.74) is 0.965. The molecule has 26 heavy (non-hydrogen) atoms. The van der Waals surface area contributed by atoms with Crippen molar-refractivity contribution in [2.24, 2.45) is 9.98 Å². The first-order valence-corrected chi connectivity index (χ1v) is 9.40. The maximum absolute atomic E-state index is 12.0. The van der Waals surface area contributed by atoms with Crippen LogP contribution in [0.15, 0.2) is 63.7 Å². The first-order valence-electron chi connectivity index (χ1n) is 8.59. The molecule has 1 aromatic rings. The van der Waals surface area contributed by atoms with Gasteiger partial charge in [-0.25, -0.2) is 9.98 Å². The topological polar surface area (TPSA) is 66.3 Å². The molecule has 0 atom stereocenters. The van der Waals surface area contributed by atoms with Crippen molar-refractivity contribution in [1.29, 1.82) is 0 Å². The lowest BCUT2D eigenvalue weighted by Crippen LogP contribution is -2.31. The zero-order valence-corrected chi connectivity index (χ0v) is 15.9. The predicted octanol–water partition coefficient (Wildman–Crippen LogP) is 3.84. The Morgan fingerprint density at radius 1 is 1.27 bits per heavy atom. The smallest absolute Gasteiger partial charge is 0.327 e. The van der Waals surface area contributed by atoms with Crippen LogP contribution in [0.2, 0.25) is 0 Å². The van der Waals surface area contributed by atoms with Crippen molar-refractivity contribution in [3.8, 4) is 0 Å². The van der Waals surface area contributed by atoms with Crippen LogP contribution in [0.5, 0.6) is 0 Å². The van der Waals surface area contributed by atoms with Gasteiger partial charge in [0.2, 0.25) is 0 Å². The van der Waals surface area contributed by atoms with Crippen molar-refractivity contribution in [3.05, 3.63) is 59.3 Å². The molecule has 0 amide bonds. The molecule has 0 aromatic heterocycles. The number of aliphatic imine (C=N–C) groups is 2. The highest BCUT2D eigenvalue weighted by Crippen LogP contribution is 2.22. The Kier molecular flexibility index (Phi) is 8.65. The van der Waals surface area contributed by atoms with Gasteiger partial charge in [-0.05, 0) is 30.4 Å². The molecule has 0 fully saturated rings. The van der Waals surface area contributed by atoms with Gasteiger partial charge in [0, 0.05) is 18.6 Å². The van der Waals surface area contributed by atoms with Crippen LogP contribution >= 0.6 is 11.9 Å². The predicted molar refractivity (Wildman–Crippen MR) is 107 cm³/mol. The van der Waals surface area contributed by atoms with E-state index in [2.05, 4.69) is 21.7 Å². The molecule has 1 aromatic carbocycles. The number of hydrazine groups is 1. The second-order valence-electron chi connectivity index (χ2n) is 5.43. The van der Waals surface area contributed by atoms with Crippen molar-refractivity contribution in [2.45, 2.75) is 33.3 Å². The molecule has 0 aliphatic carbocycles. The molecule has 0 saturated carbocycles. The Hall–Kier alpha value is -2.38. The Morgan fingerprint density at radius 3 is 2.81 bits per heavy atom. The van der Waals surface area contributed by atoms with Crippen molar-refractivity contribution in [2.75, 3.05) is 6.54 Å². The normalized spacial score (nSPS) is 15.1. The number of carbonyl (C=O) groups excluding carboxylic acids is 1. The van der Waals surface area contributed by atoms with E-state index in [4.69, 9.17) is 4.74 Å². The number of hydrogen-bond acceptors (Lipinski definition) is 6. The molecule has 0 bridgehead atoms. The van der Waals surface area contributed by atoms with Gasteiger partial charge in [-0.15, -0.1) is 0 Å². The second-order valence-corrected chi connectivity index (χ2v) is 6.25. The van der Waals surface area contributed by atoms with Crippen LogP contribution in [0.4, 0.5) is 0 Å². The number of rotatable bonds is 8. The number of nitrogens with one attached hydrogen (secondary N) is 1. The number of esters is 1. The van der Waals surface area contributed by atoms with Crippen LogP contribution in [-0.4, -0.2) is 29.6 Å². The molecule has 7 heteroatoms. The van der Waals surface area contributed by atoms with E-state index in [1.165, 1.54) is 11.9 Å². The fourth-order valence-corrected chi connectivity index (χ4v) is 2.68. The van der Waals surface area contributed by atoms with Gasteiger partial charge in [-0.2, -0.15) is 4.83 Å². The summed E-state index contributed by atoms with van der Waals surface area (Å²) in [6.45, 7) is 4.45. The summed E-state index contributed by atoms with van der Waals surface area (Å²) in [6, 6.07) is 9.61. The summed E-state index contributed by atoms with van der Waals surface area (Å²) < 4.78 is 5.30. The van der Waals surface area contributed by atoms with Crippen LogP contribution in [0.3, 0.4) is 0 Å². The van der Waals surface area contributed by atoms with Crippen LogP contribution in [0, 0.1) is 0 Å². The van der Waals surface area contributed by atoms with Crippen molar-refractivity contribution < 1.29 is 9.53 Å². The zero-order chi connectivity index (χ0) is 18.6. The van der Waals surface area contributed by atoms with E-state index in [1.807, 2.05) is 55.7 Å². The van der Waals surface area contributed by atoms with E-state index in [9.17, 15) is 4.79 Å². The highest BCUT2D eigenvalue weighted by Gasteiger charge is 2.19. The molecule has 1 N–H and O–H groups in total. The number of carbonyl (C=O) groups is 1. The van der Waals surface area contributed by atoms with Crippen molar-refractivity contribution in [1.82, 2.24) is 9.84 Å². The zero-order valence-electron chi connectivity index (χ0n) is 15.1. The Morgan fingerprint density at radius 2 is 2.08 bits per heavy atom. The van der Waals surface area contributed by atoms with E-state index in [1.54, 1.807) is 11.2 Å². The molecule has 1 aliphatic rings. The summed E-state index contributed by atoms with van der Waals surface area (Å²) in [5.74, 6) is 0.315. The lowest BCUT2D eigenvalue weighted by Gasteiger charge is -2.13. The fourth-order valence-electron chi connectivity index (χ4n) is 1.97. The number of hydrogen-bond donors (Lipinski definition) is 1. The van der Waals surface area contributed by atoms with Gasteiger partial charge in [-0.1, -0.05) is 50.3 Å². The number of allylic oxidation sites excluding steroid dienone is 1. The maximum atomic E-state index is 12.0. The third-order valence-corrected chi connectivity index (χ3v) is 4.08. The van der Waals surface area contributed by atoms with E-state index < -0.39 is 0 Å². The van der Waals surface area contributed by atoms with Gasteiger partial charge < -0.3 is 4.74 Å². The maximum Gasteiger partial charge on any atom is 0.327 e. The molecule has 1 aliphatic heterocycles. The molecule has 1 heterocycles. The Labute approximate surface area is 158 Å². The van der Waals surface area contributed by atoms with Crippen molar-refractivity contribution >= 4 is 30.0 Å². The van der Waals surface area contributed by atoms with E-state index in [0.29, 0.717) is 5.84 Å². The summed E-state index contributed by atoms with van der Waals surface area (Å²) in [5, 5.41) is 1.67. The molecule has 6 nitrogen and oxygen atoms in total. The van der Waals surface area contributed by atoms with Crippen molar-refractivity contribution in [3.63, 3.8) is 0 Å². The van der Waals surface area contributed by atoms with Crippen LogP contribution < -0.4 is 4.83 Å². The van der Waals surface area contributed by atoms with Gasteiger partial charge in [0.05, 0.1) is 4.91 Å². The van der Waals surface area contributed by atoms with Crippen LogP contribution in [0.1, 0.15) is 32.3 Å².